The number of aryl methyl sites for hydroxylation is 1. The summed E-state index contributed by atoms with van der Waals surface area (Å²) < 4.78 is 6.96. The summed E-state index contributed by atoms with van der Waals surface area (Å²) in [5, 5.41) is 1.19. The molecule has 0 aliphatic carbocycles. The van der Waals surface area contributed by atoms with Gasteiger partial charge in [-0.05, 0) is 36.2 Å². The zero-order chi connectivity index (χ0) is 11.5. The van der Waals surface area contributed by atoms with Crippen molar-refractivity contribution in [2.75, 3.05) is 13.7 Å². The lowest BCUT2D eigenvalue weighted by Crippen LogP contribution is -2.01. The second-order valence-corrected chi connectivity index (χ2v) is 4.29. The standard InChI is InChI=1S/C11H12Cl2N2O/c1-16-6-2-5-15-10-7-8(12)3-4-9(10)14-11(15)13/h3-4,7H,2,5-6H2,1H3. The molecule has 16 heavy (non-hydrogen) atoms. The van der Waals surface area contributed by atoms with E-state index in [1.165, 1.54) is 0 Å². The van der Waals surface area contributed by atoms with Gasteiger partial charge in [-0.1, -0.05) is 11.6 Å². The molecule has 0 spiro atoms. The Morgan fingerprint density at radius 1 is 1.38 bits per heavy atom. The Labute approximate surface area is 104 Å². The van der Waals surface area contributed by atoms with Gasteiger partial charge in [0.05, 0.1) is 11.0 Å². The molecule has 0 fully saturated rings. The van der Waals surface area contributed by atoms with Gasteiger partial charge in [0.25, 0.3) is 0 Å². The average molecular weight is 259 g/mol. The fourth-order valence-electron chi connectivity index (χ4n) is 1.65. The normalized spacial score (nSPS) is 11.2. The number of benzene rings is 1. The Hall–Kier alpha value is -0.770. The molecule has 0 bridgehead atoms. The van der Waals surface area contributed by atoms with Crippen LogP contribution in [0, 0.1) is 0 Å². The first-order valence-corrected chi connectivity index (χ1v) is 5.78. The minimum atomic E-state index is 0.494. The zero-order valence-electron chi connectivity index (χ0n) is 8.91. The van der Waals surface area contributed by atoms with E-state index in [0.29, 0.717) is 16.9 Å². The van der Waals surface area contributed by atoms with Crippen molar-refractivity contribution in [2.24, 2.45) is 0 Å². The van der Waals surface area contributed by atoms with Gasteiger partial charge in [0.2, 0.25) is 5.28 Å². The smallest absolute Gasteiger partial charge is 0.203 e. The summed E-state index contributed by atoms with van der Waals surface area (Å²) in [5.41, 5.74) is 1.83. The highest BCUT2D eigenvalue weighted by Crippen LogP contribution is 2.23. The van der Waals surface area contributed by atoms with E-state index in [-0.39, 0.29) is 0 Å². The molecule has 0 amide bonds. The fourth-order valence-corrected chi connectivity index (χ4v) is 2.08. The van der Waals surface area contributed by atoms with Crippen molar-refractivity contribution in [1.29, 1.82) is 0 Å². The van der Waals surface area contributed by atoms with Crippen LogP contribution in [-0.2, 0) is 11.3 Å². The molecule has 0 unspecified atom stereocenters. The number of fused-ring (bicyclic) bond motifs is 1. The lowest BCUT2D eigenvalue weighted by Gasteiger charge is -2.05. The fraction of sp³-hybridized carbons (Fsp3) is 0.364. The summed E-state index contributed by atoms with van der Waals surface area (Å²) in [6, 6.07) is 5.56. The Balaban J connectivity index is 2.34. The largest absolute Gasteiger partial charge is 0.385 e. The van der Waals surface area contributed by atoms with Crippen LogP contribution in [0.3, 0.4) is 0 Å². The number of aromatic nitrogens is 2. The van der Waals surface area contributed by atoms with Gasteiger partial charge in [-0.15, -0.1) is 0 Å². The van der Waals surface area contributed by atoms with Crippen molar-refractivity contribution in [3.05, 3.63) is 28.5 Å². The van der Waals surface area contributed by atoms with Crippen molar-refractivity contribution < 1.29 is 4.74 Å². The lowest BCUT2D eigenvalue weighted by atomic mass is 10.3. The van der Waals surface area contributed by atoms with Crippen LogP contribution in [0.1, 0.15) is 6.42 Å². The molecule has 0 atom stereocenters. The van der Waals surface area contributed by atoms with Crippen molar-refractivity contribution in [3.8, 4) is 0 Å². The maximum atomic E-state index is 6.07. The quantitative estimate of drug-likeness (QED) is 0.787. The summed E-state index contributed by atoms with van der Waals surface area (Å²) in [7, 11) is 1.69. The molecule has 1 aromatic heterocycles. The van der Waals surface area contributed by atoms with Gasteiger partial charge in [-0.25, -0.2) is 4.98 Å². The van der Waals surface area contributed by atoms with Gasteiger partial charge >= 0.3 is 0 Å². The summed E-state index contributed by atoms with van der Waals surface area (Å²) in [6.45, 7) is 1.49. The van der Waals surface area contributed by atoms with Crippen LogP contribution in [0.25, 0.3) is 11.0 Å². The Kier molecular flexibility index (Phi) is 3.69. The summed E-state index contributed by atoms with van der Waals surface area (Å²) >= 11 is 12.0. The van der Waals surface area contributed by atoms with Gasteiger partial charge in [-0.2, -0.15) is 0 Å². The minimum absolute atomic E-state index is 0.494. The van der Waals surface area contributed by atoms with Crippen LogP contribution in [-0.4, -0.2) is 23.3 Å². The molecule has 1 heterocycles. The number of methoxy groups -OCH3 is 1. The van der Waals surface area contributed by atoms with E-state index in [1.807, 2.05) is 22.8 Å². The third kappa shape index (κ3) is 2.32. The van der Waals surface area contributed by atoms with E-state index < -0.39 is 0 Å². The SMILES string of the molecule is COCCCn1c(Cl)nc2ccc(Cl)cc21. The summed E-state index contributed by atoms with van der Waals surface area (Å²) in [5.74, 6) is 0. The number of hydrogen-bond acceptors (Lipinski definition) is 2. The predicted octanol–water partition coefficient (Wildman–Crippen LogP) is 3.38. The zero-order valence-corrected chi connectivity index (χ0v) is 10.4. The van der Waals surface area contributed by atoms with E-state index in [0.717, 1.165) is 24.0 Å². The molecular formula is C11H12Cl2N2O. The minimum Gasteiger partial charge on any atom is -0.385 e. The number of nitrogens with zero attached hydrogens (tertiary/aromatic N) is 2. The van der Waals surface area contributed by atoms with Crippen LogP contribution >= 0.6 is 23.2 Å². The first kappa shape index (κ1) is 11.7. The molecule has 1 aromatic carbocycles. The van der Waals surface area contributed by atoms with Crippen LogP contribution in [0.2, 0.25) is 10.3 Å². The number of rotatable bonds is 4. The number of ether oxygens (including phenoxy) is 1. The van der Waals surface area contributed by atoms with E-state index in [2.05, 4.69) is 4.98 Å². The number of hydrogen-bond donors (Lipinski definition) is 0. The third-order valence-electron chi connectivity index (χ3n) is 2.39. The van der Waals surface area contributed by atoms with Gasteiger partial charge < -0.3 is 9.30 Å². The molecule has 0 aliphatic heterocycles. The first-order chi connectivity index (χ1) is 7.72. The molecule has 0 saturated carbocycles. The molecule has 2 aromatic rings. The molecule has 0 saturated heterocycles. The predicted molar refractivity (Wildman–Crippen MR) is 66.2 cm³/mol. The van der Waals surface area contributed by atoms with E-state index in [9.17, 15) is 0 Å². The van der Waals surface area contributed by atoms with Crippen LogP contribution in [0.5, 0.6) is 0 Å². The molecular weight excluding hydrogens is 247 g/mol. The summed E-state index contributed by atoms with van der Waals surface area (Å²) in [6.07, 6.45) is 0.897. The number of imidazole rings is 1. The topological polar surface area (TPSA) is 27.1 Å². The maximum absolute atomic E-state index is 6.07. The first-order valence-electron chi connectivity index (χ1n) is 5.02. The maximum Gasteiger partial charge on any atom is 0.203 e. The molecule has 3 nitrogen and oxygen atoms in total. The molecule has 2 rings (SSSR count). The van der Waals surface area contributed by atoms with Gasteiger partial charge in [0.1, 0.15) is 0 Å². The van der Waals surface area contributed by atoms with Crippen LogP contribution in [0.15, 0.2) is 18.2 Å². The average Bonchev–Trinajstić information content (AvgIpc) is 2.56. The molecule has 5 heteroatoms. The van der Waals surface area contributed by atoms with Gasteiger partial charge in [0, 0.05) is 25.3 Å². The van der Waals surface area contributed by atoms with Crippen LogP contribution < -0.4 is 0 Å². The third-order valence-corrected chi connectivity index (χ3v) is 2.92. The monoisotopic (exact) mass is 258 g/mol. The number of halogens is 2. The van der Waals surface area contributed by atoms with Crippen molar-refractivity contribution in [2.45, 2.75) is 13.0 Å². The second kappa shape index (κ2) is 5.04. The Bertz CT molecular complexity index is 496. The van der Waals surface area contributed by atoms with Crippen molar-refractivity contribution in [1.82, 2.24) is 9.55 Å². The second-order valence-electron chi connectivity index (χ2n) is 3.51. The van der Waals surface area contributed by atoms with E-state index >= 15 is 0 Å². The Morgan fingerprint density at radius 2 is 2.19 bits per heavy atom. The molecule has 0 N–H and O–H groups in total. The van der Waals surface area contributed by atoms with Gasteiger partial charge in [-0.3, -0.25) is 0 Å². The van der Waals surface area contributed by atoms with E-state index in [4.69, 9.17) is 27.9 Å². The van der Waals surface area contributed by atoms with Crippen molar-refractivity contribution >= 4 is 34.2 Å². The molecule has 0 radical (unpaired) electrons. The Morgan fingerprint density at radius 3 is 2.94 bits per heavy atom. The molecule has 0 aliphatic rings. The summed E-state index contributed by atoms with van der Waals surface area (Å²) in [4.78, 5) is 4.26. The highest BCUT2D eigenvalue weighted by atomic mass is 35.5. The highest BCUT2D eigenvalue weighted by molar-refractivity contribution is 6.31. The molecule has 86 valence electrons. The van der Waals surface area contributed by atoms with Gasteiger partial charge in [0.15, 0.2) is 0 Å². The lowest BCUT2D eigenvalue weighted by molar-refractivity contribution is 0.190. The van der Waals surface area contributed by atoms with Crippen molar-refractivity contribution in [3.63, 3.8) is 0 Å². The van der Waals surface area contributed by atoms with Crippen LogP contribution in [0.4, 0.5) is 0 Å². The highest BCUT2D eigenvalue weighted by Gasteiger charge is 2.08. The van der Waals surface area contributed by atoms with E-state index in [1.54, 1.807) is 7.11 Å².